The quantitative estimate of drug-likeness (QED) is 0.150. The first-order chi connectivity index (χ1) is 23.7. The molecule has 0 bridgehead atoms. The fourth-order valence-corrected chi connectivity index (χ4v) is 6.69. The number of carbonyl (C=O) groups excluding carboxylic acids is 2. The van der Waals surface area contributed by atoms with Crippen LogP contribution in [0.1, 0.15) is 44.9 Å². The average molecular weight is 679 g/mol. The topological polar surface area (TPSA) is 123 Å². The molecule has 0 saturated heterocycles. The van der Waals surface area contributed by atoms with Gasteiger partial charge in [-0.2, -0.15) is 5.10 Å². The summed E-state index contributed by atoms with van der Waals surface area (Å²) in [6.45, 7) is 7.35. The molecule has 2 aromatic heterocycles. The summed E-state index contributed by atoms with van der Waals surface area (Å²) in [5, 5.41) is 4.91. The van der Waals surface area contributed by atoms with E-state index in [2.05, 4.69) is 0 Å². The van der Waals surface area contributed by atoms with E-state index in [1.807, 2.05) is 67.7 Å². The molecule has 49 heavy (non-hydrogen) atoms. The molecule has 0 unspecified atom stereocenters. The van der Waals surface area contributed by atoms with Crippen molar-refractivity contribution in [1.82, 2.24) is 14.3 Å². The van der Waals surface area contributed by atoms with Crippen LogP contribution in [0.4, 0.5) is 0 Å². The number of hydrogen-bond acceptors (Lipinski definition) is 10. The number of aromatic nitrogens is 3. The van der Waals surface area contributed by atoms with E-state index in [1.165, 1.54) is 29.9 Å². The SMILES string of the molecule is CCOC(=O)C1=C(C)N=c2s/c(=C\c3cn(-c4ccccc4)nc3-c3ccc(OCC)cc3)c(=O)n2[C@H]1c1ccc(OC(C)=O)c(OC)c1. The lowest BCUT2D eigenvalue weighted by Crippen LogP contribution is -2.40. The molecule has 0 saturated carbocycles. The van der Waals surface area contributed by atoms with Gasteiger partial charge in [0.05, 0.1) is 47.9 Å². The van der Waals surface area contributed by atoms with Crippen LogP contribution in [0.2, 0.25) is 0 Å². The number of thiazole rings is 1. The zero-order chi connectivity index (χ0) is 34.7. The van der Waals surface area contributed by atoms with Crippen molar-refractivity contribution in [1.29, 1.82) is 0 Å². The Labute approximate surface area is 286 Å². The van der Waals surface area contributed by atoms with Crippen LogP contribution < -0.4 is 29.1 Å². The molecule has 250 valence electrons. The van der Waals surface area contributed by atoms with Gasteiger partial charge in [0.15, 0.2) is 16.3 Å². The molecule has 1 aliphatic heterocycles. The average Bonchev–Trinajstić information content (AvgIpc) is 3.65. The van der Waals surface area contributed by atoms with Crippen LogP contribution >= 0.6 is 11.3 Å². The smallest absolute Gasteiger partial charge is 0.338 e. The van der Waals surface area contributed by atoms with Crippen molar-refractivity contribution in [3.63, 3.8) is 0 Å². The first kappa shape index (κ1) is 33.2. The Balaban J connectivity index is 1.54. The van der Waals surface area contributed by atoms with Gasteiger partial charge in [-0.1, -0.05) is 35.6 Å². The van der Waals surface area contributed by atoms with Gasteiger partial charge in [0.25, 0.3) is 5.56 Å². The summed E-state index contributed by atoms with van der Waals surface area (Å²) in [6, 6.07) is 21.4. The number of para-hydroxylation sites is 1. The first-order valence-electron chi connectivity index (χ1n) is 15.7. The molecule has 11 nitrogen and oxygen atoms in total. The maximum atomic E-state index is 14.4. The molecule has 3 heterocycles. The fraction of sp³-hybridized carbons (Fsp3) is 0.216. The van der Waals surface area contributed by atoms with E-state index >= 15 is 0 Å². The van der Waals surface area contributed by atoms with Gasteiger partial charge >= 0.3 is 11.9 Å². The standard InChI is InChI=1S/C37H34N4O7S/c1-6-46-28-16-13-24(14-17-28)33-26(21-40(39-33)27-11-9-8-10-12-27)20-31-35(43)41-34(25-15-18-29(48-23(4)42)30(19-25)45-5)32(36(44)47-7-2)22(3)38-37(41)49-31/h8-21,34H,6-7H2,1-5H3/b31-20-/t34-/m0/s1. The Hall–Kier alpha value is -5.75. The molecule has 0 amide bonds. The number of carbonyl (C=O) groups is 2. The maximum absolute atomic E-state index is 14.4. The van der Waals surface area contributed by atoms with E-state index in [4.69, 9.17) is 29.0 Å². The van der Waals surface area contributed by atoms with E-state index in [0.29, 0.717) is 38.5 Å². The van der Waals surface area contributed by atoms with Crippen LogP contribution in [0.3, 0.4) is 0 Å². The predicted octanol–water partition coefficient (Wildman–Crippen LogP) is 4.98. The second-order valence-corrected chi connectivity index (χ2v) is 12.0. The highest BCUT2D eigenvalue weighted by molar-refractivity contribution is 7.07. The molecule has 1 aliphatic rings. The summed E-state index contributed by atoms with van der Waals surface area (Å²) in [4.78, 5) is 44.6. The van der Waals surface area contributed by atoms with Crippen LogP contribution in [0.5, 0.6) is 17.2 Å². The van der Waals surface area contributed by atoms with Gasteiger partial charge < -0.3 is 18.9 Å². The first-order valence-corrected chi connectivity index (χ1v) is 16.5. The maximum Gasteiger partial charge on any atom is 0.338 e. The minimum Gasteiger partial charge on any atom is -0.494 e. The zero-order valence-corrected chi connectivity index (χ0v) is 28.4. The number of esters is 2. The normalized spacial score (nSPS) is 14.2. The Kier molecular flexibility index (Phi) is 9.58. The van der Waals surface area contributed by atoms with Crippen molar-refractivity contribution in [2.24, 2.45) is 4.99 Å². The van der Waals surface area contributed by atoms with Crippen molar-refractivity contribution in [2.45, 2.75) is 33.7 Å². The number of fused-ring (bicyclic) bond motifs is 1. The molecule has 12 heteroatoms. The third kappa shape index (κ3) is 6.68. The van der Waals surface area contributed by atoms with Gasteiger partial charge in [0, 0.05) is 24.2 Å². The molecular weight excluding hydrogens is 644 g/mol. The van der Waals surface area contributed by atoms with E-state index in [0.717, 1.165) is 17.0 Å². The summed E-state index contributed by atoms with van der Waals surface area (Å²) < 4.78 is 25.6. The van der Waals surface area contributed by atoms with Crippen LogP contribution in [0.15, 0.2) is 100 Å². The number of rotatable bonds is 10. The van der Waals surface area contributed by atoms with Gasteiger partial charge in [-0.15, -0.1) is 0 Å². The third-order valence-corrected chi connectivity index (χ3v) is 8.75. The van der Waals surface area contributed by atoms with Crippen molar-refractivity contribution < 1.29 is 28.5 Å². The highest BCUT2D eigenvalue weighted by Gasteiger charge is 2.34. The zero-order valence-electron chi connectivity index (χ0n) is 27.6. The van der Waals surface area contributed by atoms with Crippen LogP contribution in [-0.4, -0.2) is 46.6 Å². The molecule has 6 rings (SSSR count). The lowest BCUT2D eigenvalue weighted by Gasteiger charge is -2.25. The van der Waals surface area contributed by atoms with Gasteiger partial charge in [-0.25, -0.2) is 14.5 Å². The molecule has 0 spiro atoms. The Morgan fingerprint density at radius 3 is 2.41 bits per heavy atom. The number of allylic oxidation sites excluding steroid dienone is 1. The second-order valence-electron chi connectivity index (χ2n) is 11.0. The minimum atomic E-state index is -0.893. The van der Waals surface area contributed by atoms with Gasteiger partial charge in [0.1, 0.15) is 11.4 Å². The Morgan fingerprint density at radius 2 is 1.73 bits per heavy atom. The molecule has 0 aliphatic carbocycles. The molecule has 1 atom stereocenters. The molecular formula is C37H34N4O7S. The van der Waals surface area contributed by atoms with E-state index in [-0.39, 0.29) is 29.2 Å². The molecule has 0 N–H and O–H groups in total. The van der Waals surface area contributed by atoms with Crippen LogP contribution in [0.25, 0.3) is 23.0 Å². The summed E-state index contributed by atoms with van der Waals surface area (Å²) in [5.41, 5.74) is 3.92. The third-order valence-electron chi connectivity index (χ3n) is 7.76. The van der Waals surface area contributed by atoms with Crippen molar-refractivity contribution in [3.8, 4) is 34.2 Å². The summed E-state index contributed by atoms with van der Waals surface area (Å²) in [7, 11) is 1.45. The summed E-state index contributed by atoms with van der Waals surface area (Å²) >= 11 is 1.21. The van der Waals surface area contributed by atoms with Gasteiger partial charge in [-0.3, -0.25) is 14.2 Å². The monoisotopic (exact) mass is 678 g/mol. The molecule has 3 aromatic carbocycles. The van der Waals surface area contributed by atoms with Gasteiger partial charge in [0.2, 0.25) is 0 Å². The number of methoxy groups -OCH3 is 1. The predicted molar refractivity (Wildman–Crippen MR) is 185 cm³/mol. The number of ether oxygens (including phenoxy) is 4. The van der Waals surface area contributed by atoms with Crippen LogP contribution in [-0.2, 0) is 14.3 Å². The number of benzene rings is 3. The van der Waals surface area contributed by atoms with Crippen LogP contribution in [0, 0.1) is 0 Å². The molecule has 5 aromatic rings. The number of hydrogen-bond donors (Lipinski definition) is 0. The highest BCUT2D eigenvalue weighted by atomic mass is 32.1. The Morgan fingerprint density at radius 1 is 0.980 bits per heavy atom. The largest absolute Gasteiger partial charge is 0.494 e. The van der Waals surface area contributed by atoms with Gasteiger partial charge in [-0.05, 0) is 80.9 Å². The van der Waals surface area contributed by atoms with E-state index < -0.39 is 18.0 Å². The fourth-order valence-electron chi connectivity index (χ4n) is 5.65. The molecule has 0 radical (unpaired) electrons. The van der Waals surface area contributed by atoms with E-state index in [1.54, 1.807) is 42.8 Å². The highest BCUT2D eigenvalue weighted by Crippen LogP contribution is 2.36. The lowest BCUT2D eigenvalue weighted by atomic mass is 9.95. The Bertz CT molecular complexity index is 2250. The second kappa shape index (κ2) is 14.2. The minimum absolute atomic E-state index is 0.140. The number of nitrogens with zero attached hydrogens (tertiary/aromatic N) is 4. The molecule has 0 fully saturated rings. The summed E-state index contributed by atoms with van der Waals surface area (Å²) in [5.74, 6) is 0.117. The van der Waals surface area contributed by atoms with Crippen molar-refractivity contribution in [2.75, 3.05) is 20.3 Å². The van der Waals surface area contributed by atoms with E-state index in [9.17, 15) is 14.4 Å². The van der Waals surface area contributed by atoms with Crippen molar-refractivity contribution >= 4 is 29.4 Å². The summed E-state index contributed by atoms with van der Waals surface area (Å²) in [6.07, 6.45) is 3.68. The van der Waals surface area contributed by atoms with Crippen molar-refractivity contribution in [3.05, 3.63) is 121 Å². The lowest BCUT2D eigenvalue weighted by molar-refractivity contribution is -0.139.